The van der Waals surface area contributed by atoms with E-state index < -0.39 is 0 Å². The Bertz CT molecular complexity index is 145. The molecule has 0 saturated heterocycles. The first-order chi connectivity index (χ1) is 6.36. The van der Waals surface area contributed by atoms with Gasteiger partial charge in [-0.3, -0.25) is 0 Å². The van der Waals surface area contributed by atoms with Gasteiger partial charge < -0.3 is 5.11 Å². The number of hydrogen-bond donors (Lipinski definition) is 1. The monoisotopic (exact) mass is 182 g/mol. The summed E-state index contributed by atoms with van der Waals surface area (Å²) in [5.74, 6) is 1.62. The van der Waals surface area contributed by atoms with E-state index in [1.807, 2.05) is 0 Å². The standard InChI is InChI=1S/C12H22O/c13-12(11-6-3-7-11)9-8-10-4-1-2-5-10/h10-13H,1-9H2. The number of hydrogen-bond acceptors (Lipinski definition) is 1. The smallest absolute Gasteiger partial charge is 0.0568 e. The lowest BCUT2D eigenvalue weighted by Gasteiger charge is -2.30. The highest BCUT2D eigenvalue weighted by Crippen LogP contribution is 2.34. The summed E-state index contributed by atoms with van der Waals surface area (Å²) in [6.45, 7) is 0. The number of aliphatic hydroxyl groups excluding tert-OH is 1. The molecule has 0 bridgehead atoms. The Balaban J connectivity index is 1.60. The molecule has 76 valence electrons. The van der Waals surface area contributed by atoms with Crippen LogP contribution in [0.4, 0.5) is 0 Å². The van der Waals surface area contributed by atoms with Gasteiger partial charge in [0.25, 0.3) is 0 Å². The SMILES string of the molecule is OC(CCC1CCCC1)C1CCC1. The zero-order chi connectivity index (χ0) is 9.10. The van der Waals surface area contributed by atoms with Crippen LogP contribution in [0.2, 0.25) is 0 Å². The fourth-order valence-electron chi connectivity index (χ4n) is 2.77. The molecule has 0 aromatic heterocycles. The first-order valence-corrected chi connectivity index (χ1v) is 6.04. The highest BCUT2D eigenvalue weighted by Gasteiger charge is 2.26. The average Bonchev–Trinajstić information content (AvgIpc) is 2.49. The van der Waals surface area contributed by atoms with Crippen molar-refractivity contribution in [2.24, 2.45) is 11.8 Å². The Morgan fingerprint density at radius 3 is 2.23 bits per heavy atom. The van der Waals surface area contributed by atoms with Crippen LogP contribution in [0.15, 0.2) is 0 Å². The van der Waals surface area contributed by atoms with Gasteiger partial charge in [-0.1, -0.05) is 32.1 Å². The van der Waals surface area contributed by atoms with Gasteiger partial charge in [-0.05, 0) is 37.5 Å². The lowest BCUT2D eigenvalue weighted by molar-refractivity contribution is 0.0506. The van der Waals surface area contributed by atoms with Gasteiger partial charge in [-0.2, -0.15) is 0 Å². The third-order valence-corrected chi connectivity index (χ3v) is 4.04. The van der Waals surface area contributed by atoms with E-state index in [9.17, 15) is 5.11 Å². The molecule has 1 nitrogen and oxygen atoms in total. The van der Waals surface area contributed by atoms with Gasteiger partial charge in [-0.25, -0.2) is 0 Å². The van der Waals surface area contributed by atoms with Gasteiger partial charge >= 0.3 is 0 Å². The van der Waals surface area contributed by atoms with E-state index in [0.29, 0.717) is 5.92 Å². The van der Waals surface area contributed by atoms with Crippen LogP contribution in [0.3, 0.4) is 0 Å². The predicted octanol–water partition coefficient (Wildman–Crippen LogP) is 3.12. The summed E-state index contributed by atoms with van der Waals surface area (Å²) in [5.41, 5.74) is 0. The maximum atomic E-state index is 9.83. The normalized spacial score (nSPS) is 27.5. The summed E-state index contributed by atoms with van der Waals surface area (Å²) in [7, 11) is 0. The van der Waals surface area contributed by atoms with Gasteiger partial charge in [0.05, 0.1) is 6.10 Å². The molecule has 1 unspecified atom stereocenters. The predicted molar refractivity (Wildman–Crippen MR) is 54.5 cm³/mol. The summed E-state index contributed by atoms with van der Waals surface area (Å²) in [5, 5.41) is 9.83. The van der Waals surface area contributed by atoms with Crippen molar-refractivity contribution in [2.75, 3.05) is 0 Å². The van der Waals surface area contributed by atoms with Gasteiger partial charge in [-0.15, -0.1) is 0 Å². The molecule has 0 aromatic rings. The van der Waals surface area contributed by atoms with Crippen molar-refractivity contribution in [1.29, 1.82) is 0 Å². The largest absolute Gasteiger partial charge is 0.393 e. The zero-order valence-corrected chi connectivity index (χ0v) is 8.54. The van der Waals surface area contributed by atoms with Crippen molar-refractivity contribution < 1.29 is 5.11 Å². The number of rotatable bonds is 4. The molecule has 0 amide bonds. The zero-order valence-electron chi connectivity index (χ0n) is 8.54. The Hall–Kier alpha value is -0.0400. The van der Waals surface area contributed by atoms with Crippen molar-refractivity contribution in [2.45, 2.75) is 63.9 Å². The van der Waals surface area contributed by atoms with Crippen LogP contribution in [-0.4, -0.2) is 11.2 Å². The molecule has 0 heterocycles. The van der Waals surface area contributed by atoms with Crippen LogP contribution in [0.1, 0.15) is 57.8 Å². The summed E-state index contributed by atoms with van der Waals surface area (Å²) < 4.78 is 0. The highest BCUT2D eigenvalue weighted by atomic mass is 16.3. The summed E-state index contributed by atoms with van der Waals surface area (Å²) in [6, 6.07) is 0. The van der Waals surface area contributed by atoms with Gasteiger partial charge in [0.15, 0.2) is 0 Å². The molecule has 2 rings (SSSR count). The van der Waals surface area contributed by atoms with Crippen molar-refractivity contribution in [3.8, 4) is 0 Å². The number of aliphatic hydroxyl groups is 1. The Morgan fingerprint density at radius 1 is 1.00 bits per heavy atom. The molecule has 13 heavy (non-hydrogen) atoms. The third-order valence-electron chi connectivity index (χ3n) is 4.04. The minimum Gasteiger partial charge on any atom is -0.393 e. The molecule has 2 aliphatic rings. The van der Waals surface area contributed by atoms with Gasteiger partial charge in [0.1, 0.15) is 0 Å². The van der Waals surface area contributed by atoms with E-state index in [-0.39, 0.29) is 6.10 Å². The molecular weight excluding hydrogens is 160 g/mol. The van der Waals surface area contributed by atoms with Crippen molar-refractivity contribution >= 4 is 0 Å². The van der Waals surface area contributed by atoms with E-state index in [0.717, 1.165) is 12.3 Å². The molecule has 1 heteroatoms. The van der Waals surface area contributed by atoms with Gasteiger partial charge in [0, 0.05) is 0 Å². The van der Waals surface area contributed by atoms with E-state index in [2.05, 4.69) is 0 Å². The molecule has 2 saturated carbocycles. The van der Waals surface area contributed by atoms with Crippen LogP contribution in [0.25, 0.3) is 0 Å². The van der Waals surface area contributed by atoms with E-state index in [1.54, 1.807) is 0 Å². The van der Waals surface area contributed by atoms with Crippen molar-refractivity contribution in [3.63, 3.8) is 0 Å². The van der Waals surface area contributed by atoms with Crippen LogP contribution >= 0.6 is 0 Å². The molecule has 1 N–H and O–H groups in total. The lowest BCUT2D eigenvalue weighted by Crippen LogP contribution is -2.26. The lowest BCUT2D eigenvalue weighted by atomic mass is 9.79. The summed E-state index contributed by atoms with van der Waals surface area (Å²) >= 11 is 0. The molecule has 2 fully saturated rings. The van der Waals surface area contributed by atoms with E-state index in [1.165, 1.54) is 51.4 Å². The second kappa shape index (κ2) is 4.45. The Labute approximate surface area is 81.5 Å². The van der Waals surface area contributed by atoms with Crippen LogP contribution < -0.4 is 0 Å². The quantitative estimate of drug-likeness (QED) is 0.708. The van der Waals surface area contributed by atoms with Crippen molar-refractivity contribution in [3.05, 3.63) is 0 Å². The van der Waals surface area contributed by atoms with Crippen molar-refractivity contribution in [1.82, 2.24) is 0 Å². The highest BCUT2D eigenvalue weighted by molar-refractivity contribution is 4.78. The van der Waals surface area contributed by atoms with Gasteiger partial charge in [0.2, 0.25) is 0 Å². The van der Waals surface area contributed by atoms with E-state index in [4.69, 9.17) is 0 Å². The first-order valence-electron chi connectivity index (χ1n) is 6.04. The topological polar surface area (TPSA) is 20.2 Å². The maximum absolute atomic E-state index is 9.83. The third kappa shape index (κ3) is 2.46. The minimum absolute atomic E-state index is 0.0364. The molecule has 0 radical (unpaired) electrons. The maximum Gasteiger partial charge on any atom is 0.0568 e. The molecule has 0 spiro atoms. The molecule has 0 aliphatic heterocycles. The average molecular weight is 182 g/mol. The Kier molecular flexibility index (Phi) is 3.26. The fraction of sp³-hybridized carbons (Fsp3) is 1.00. The van der Waals surface area contributed by atoms with E-state index >= 15 is 0 Å². The molecule has 1 atom stereocenters. The second-order valence-corrected chi connectivity index (χ2v) is 4.99. The fourth-order valence-corrected chi connectivity index (χ4v) is 2.77. The first kappa shape index (κ1) is 9.51. The molecule has 0 aromatic carbocycles. The van der Waals surface area contributed by atoms with Crippen LogP contribution in [-0.2, 0) is 0 Å². The Morgan fingerprint density at radius 2 is 1.69 bits per heavy atom. The molecular formula is C12H22O. The minimum atomic E-state index is 0.0364. The second-order valence-electron chi connectivity index (χ2n) is 4.99. The molecule has 2 aliphatic carbocycles. The van der Waals surface area contributed by atoms with Crippen LogP contribution in [0, 0.1) is 11.8 Å². The summed E-state index contributed by atoms with van der Waals surface area (Å²) in [6.07, 6.45) is 12.0. The van der Waals surface area contributed by atoms with Crippen LogP contribution in [0.5, 0.6) is 0 Å². The summed E-state index contributed by atoms with van der Waals surface area (Å²) in [4.78, 5) is 0.